The molecular formula is C14H17F4NO. The summed E-state index contributed by atoms with van der Waals surface area (Å²) in [6.45, 7) is 1.02. The first kappa shape index (κ1) is 15.3. The number of hydrogen-bond acceptors (Lipinski definition) is 2. The highest BCUT2D eigenvalue weighted by atomic mass is 19.4. The first-order valence-corrected chi connectivity index (χ1v) is 6.55. The van der Waals surface area contributed by atoms with Gasteiger partial charge in [0.25, 0.3) is 0 Å². The van der Waals surface area contributed by atoms with E-state index in [1.165, 1.54) is 0 Å². The molecule has 2 rings (SSSR count). The van der Waals surface area contributed by atoms with Gasteiger partial charge in [-0.2, -0.15) is 13.2 Å². The van der Waals surface area contributed by atoms with Crippen molar-refractivity contribution in [2.24, 2.45) is 5.92 Å². The first-order valence-electron chi connectivity index (χ1n) is 6.55. The van der Waals surface area contributed by atoms with Crippen LogP contribution in [0, 0.1) is 11.7 Å². The van der Waals surface area contributed by atoms with E-state index in [0.29, 0.717) is 13.2 Å². The zero-order valence-corrected chi connectivity index (χ0v) is 11.1. The Bertz CT molecular complexity index is 455. The van der Waals surface area contributed by atoms with E-state index >= 15 is 0 Å². The summed E-state index contributed by atoms with van der Waals surface area (Å²) in [5, 5.41) is 2.88. The maximum Gasteiger partial charge on any atom is 0.416 e. The first-order chi connectivity index (χ1) is 9.43. The minimum atomic E-state index is -4.49. The van der Waals surface area contributed by atoms with Crippen molar-refractivity contribution in [3.05, 3.63) is 35.1 Å². The molecular weight excluding hydrogens is 274 g/mol. The van der Waals surface area contributed by atoms with Gasteiger partial charge in [0.1, 0.15) is 5.82 Å². The van der Waals surface area contributed by atoms with Gasteiger partial charge in [-0.3, -0.25) is 0 Å². The molecule has 2 atom stereocenters. The van der Waals surface area contributed by atoms with Crippen LogP contribution in [0.3, 0.4) is 0 Å². The van der Waals surface area contributed by atoms with Crippen molar-refractivity contribution in [3.63, 3.8) is 0 Å². The highest BCUT2D eigenvalue weighted by Gasteiger charge is 2.37. The monoisotopic (exact) mass is 291 g/mol. The molecule has 1 heterocycles. The van der Waals surface area contributed by atoms with Crippen LogP contribution in [0.15, 0.2) is 18.2 Å². The van der Waals surface area contributed by atoms with Gasteiger partial charge in [-0.05, 0) is 43.7 Å². The van der Waals surface area contributed by atoms with E-state index in [2.05, 4.69) is 5.32 Å². The van der Waals surface area contributed by atoms with E-state index in [4.69, 9.17) is 4.74 Å². The normalized spacial score (nSPS) is 21.8. The van der Waals surface area contributed by atoms with Crippen LogP contribution in [0.5, 0.6) is 0 Å². The fourth-order valence-electron chi connectivity index (χ4n) is 2.72. The maximum absolute atomic E-state index is 13.4. The van der Waals surface area contributed by atoms with E-state index in [9.17, 15) is 17.6 Å². The average molecular weight is 291 g/mol. The summed E-state index contributed by atoms with van der Waals surface area (Å²) in [6.07, 6.45) is -2.92. The Morgan fingerprint density at radius 2 is 2.10 bits per heavy atom. The molecule has 0 aromatic heterocycles. The van der Waals surface area contributed by atoms with E-state index in [1.54, 1.807) is 7.05 Å². The average Bonchev–Trinajstić information content (AvgIpc) is 2.39. The summed E-state index contributed by atoms with van der Waals surface area (Å²) in [5.74, 6) is -0.748. The van der Waals surface area contributed by atoms with Crippen molar-refractivity contribution in [2.75, 3.05) is 20.3 Å². The van der Waals surface area contributed by atoms with Crippen molar-refractivity contribution in [3.8, 4) is 0 Å². The molecule has 0 saturated carbocycles. The number of benzene rings is 1. The van der Waals surface area contributed by atoms with Crippen molar-refractivity contribution in [2.45, 2.75) is 25.1 Å². The molecule has 0 amide bonds. The molecule has 0 spiro atoms. The van der Waals surface area contributed by atoms with Crippen LogP contribution in [0.25, 0.3) is 0 Å². The van der Waals surface area contributed by atoms with Gasteiger partial charge in [0, 0.05) is 18.6 Å². The summed E-state index contributed by atoms with van der Waals surface area (Å²) < 4.78 is 57.9. The third-order valence-corrected chi connectivity index (χ3v) is 3.63. The Morgan fingerprint density at radius 1 is 1.35 bits per heavy atom. The van der Waals surface area contributed by atoms with Crippen LogP contribution in [0.1, 0.15) is 30.0 Å². The van der Waals surface area contributed by atoms with Gasteiger partial charge in [0.2, 0.25) is 0 Å². The molecule has 20 heavy (non-hydrogen) atoms. The summed E-state index contributed by atoms with van der Waals surface area (Å²) in [5.41, 5.74) is -0.834. The van der Waals surface area contributed by atoms with Gasteiger partial charge in [0.05, 0.1) is 12.2 Å². The van der Waals surface area contributed by atoms with Crippen molar-refractivity contribution in [1.29, 1.82) is 0 Å². The van der Waals surface area contributed by atoms with Crippen molar-refractivity contribution < 1.29 is 22.3 Å². The Hall–Kier alpha value is -1.14. The van der Waals surface area contributed by atoms with Gasteiger partial charge >= 0.3 is 6.18 Å². The number of alkyl halides is 3. The molecule has 2 unspecified atom stereocenters. The van der Waals surface area contributed by atoms with Gasteiger partial charge in [-0.15, -0.1) is 0 Å². The molecule has 1 N–H and O–H groups in total. The number of rotatable bonds is 3. The fourth-order valence-corrected chi connectivity index (χ4v) is 2.72. The molecule has 0 bridgehead atoms. The van der Waals surface area contributed by atoms with Crippen LogP contribution in [-0.4, -0.2) is 20.3 Å². The van der Waals surface area contributed by atoms with Crippen molar-refractivity contribution in [1.82, 2.24) is 5.32 Å². The standard InChI is InChI=1S/C14H17F4NO/c1-19-13(9-3-2-6-20-8-9)11-7-10(15)4-5-12(11)14(16,17)18/h4-5,7,9,13,19H,2-3,6,8H2,1H3. The lowest BCUT2D eigenvalue weighted by Crippen LogP contribution is -2.33. The van der Waals surface area contributed by atoms with Gasteiger partial charge < -0.3 is 10.1 Å². The summed E-state index contributed by atoms with van der Waals surface area (Å²) >= 11 is 0. The minimum absolute atomic E-state index is 0.0458. The molecule has 2 nitrogen and oxygen atoms in total. The predicted molar refractivity (Wildman–Crippen MR) is 66.7 cm³/mol. The Morgan fingerprint density at radius 3 is 2.65 bits per heavy atom. The number of ether oxygens (including phenoxy) is 1. The Kier molecular flexibility index (Phi) is 4.65. The van der Waals surface area contributed by atoms with Crippen LogP contribution >= 0.6 is 0 Å². The smallest absolute Gasteiger partial charge is 0.381 e. The molecule has 1 fully saturated rings. The second-order valence-corrected chi connectivity index (χ2v) is 4.97. The topological polar surface area (TPSA) is 21.3 Å². The maximum atomic E-state index is 13.4. The van der Waals surface area contributed by atoms with E-state index < -0.39 is 23.6 Å². The van der Waals surface area contributed by atoms with Crippen LogP contribution in [0.4, 0.5) is 17.6 Å². The summed E-state index contributed by atoms with van der Waals surface area (Å²) in [7, 11) is 1.59. The van der Waals surface area contributed by atoms with Gasteiger partial charge in [-0.1, -0.05) is 0 Å². The van der Waals surface area contributed by atoms with Crippen LogP contribution in [-0.2, 0) is 10.9 Å². The Balaban J connectivity index is 2.39. The zero-order chi connectivity index (χ0) is 14.8. The van der Waals surface area contributed by atoms with Gasteiger partial charge in [-0.25, -0.2) is 4.39 Å². The molecule has 1 aliphatic rings. The second kappa shape index (κ2) is 6.10. The molecule has 0 aliphatic carbocycles. The van der Waals surface area contributed by atoms with E-state index in [1.807, 2.05) is 0 Å². The van der Waals surface area contributed by atoms with E-state index in [0.717, 1.165) is 31.0 Å². The molecule has 112 valence electrons. The fraction of sp³-hybridized carbons (Fsp3) is 0.571. The predicted octanol–water partition coefficient (Wildman–Crippen LogP) is 3.53. The largest absolute Gasteiger partial charge is 0.416 e. The lowest BCUT2D eigenvalue weighted by atomic mass is 9.86. The third kappa shape index (κ3) is 3.30. The molecule has 1 aromatic rings. The lowest BCUT2D eigenvalue weighted by Gasteiger charge is -2.31. The molecule has 0 radical (unpaired) electrons. The third-order valence-electron chi connectivity index (χ3n) is 3.63. The highest BCUT2D eigenvalue weighted by Crippen LogP contribution is 2.38. The number of halogens is 4. The minimum Gasteiger partial charge on any atom is -0.381 e. The summed E-state index contributed by atoms with van der Waals surface area (Å²) in [6, 6.07) is 2.05. The van der Waals surface area contributed by atoms with Crippen LogP contribution < -0.4 is 5.32 Å². The molecule has 1 aliphatic heterocycles. The molecule has 1 aromatic carbocycles. The zero-order valence-electron chi connectivity index (χ0n) is 11.1. The van der Waals surface area contributed by atoms with Crippen molar-refractivity contribution >= 4 is 0 Å². The van der Waals surface area contributed by atoms with Crippen LogP contribution in [0.2, 0.25) is 0 Å². The van der Waals surface area contributed by atoms with E-state index in [-0.39, 0.29) is 11.5 Å². The molecule has 6 heteroatoms. The SMILES string of the molecule is CNC(c1cc(F)ccc1C(F)(F)F)C1CCCOC1. The highest BCUT2D eigenvalue weighted by molar-refractivity contribution is 5.33. The number of hydrogen-bond donors (Lipinski definition) is 1. The lowest BCUT2D eigenvalue weighted by molar-refractivity contribution is -0.138. The van der Waals surface area contributed by atoms with Gasteiger partial charge in [0.15, 0.2) is 0 Å². The second-order valence-electron chi connectivity index (χ2n) is 4.97. The Labute approximate surface area is 115 Å². The quantitative estimate of drug-likeness (QED) is 0.860. The summed E-state index contributed by atoms with van der Waals surface area (Å²) in [4.78, 5) is 0. The molecule has 1 saturated heterocycles. The number of nitrogens with one attached hydrogen (secondary N) is 1.